The summed E-state index contributed by atoms with van der Waals surface area (Å²) in [6.45, 7) is 1.32. The fourth-order valence-corrected chi connectivity index (χ4v) is 1.47. The molecule has 2 N–H and O–H groups in total. The van der Waals surface area contributed by atoms with E-state index in [9.17, 15) is 4.79 Å². The van der Waals surface area contributed by atoms with Crippen LogP contribution in [0.15, 0.2) is 24.3 Å². The summed E-state index contributed by atoms with van der Waals surface area (Å²) in [6.07, 6.45) is 1.36. The molecule has 1 aromatic rings. The average Bonchev–Trinajstić information content (AvgIpc) is 2.37. The topological polar surface area (TPSA) is 64.9 Å². The molecular formula is C13H17N3O. The van der Waals surface area contributed by atoms with E-state index < -0.39 is 0 Å². The van der Waals surface area contributed by atoms with Crippen LogP contribution >= 0.6 is 0 Å². The Hall–Kier alpha value is -1.86. The normalized spacial score (nSPS) is 9.65. The molecule has 90 valence electrons. The van der Waals surface area contributed by atoms with Gasteiger partial charge in [0.25, 0.3) is 0 Å². The number of nitrogens with zero attached hydrogens (tertiary/aromatic N) is 1. The van der Waals surface area contributed by atoms with Crippen LogP contribution in [0.5, 0.6) is 0 Å². The highest BCUT2D eigenvalue weighted by Crippen LogP contribution is 2.03. The summed E-state index contributed by atoms with van der Waals surface area (Å²) in [6, 6.07) is 9.33. The van der Waals surface area contributed by atoms with Crippen molar-refractivity contribution in [2.75, 3.05) is 13.6 Å². The molecule has 0 saturated carbocycles. The van der Waals surface area contributed by atoms with Crippen molar-refractivity contribution < 1.29 is 4.79 Å². The summed E-state index contributed by atoms with van der Waals surface area (Å²) in [7, 11) is 1.87. The first-order chi connectivity index (χ1) is 8.26. The molecular weight excluding hydrogens is 214 g/mol. The zero-order valence-corrected chi connectivity index (χ0v) is 9.99. The highest BCUT2D eigenvalue weighted by molar-refractivity contribution is 5.75. The number of amides is 1. The molecule has 1 amide bonds. The number of hydrogen-bond donors (Lipinski definition) is 2. The van der Waals surface area contributed by atoms with Crippen LogP contribution in [-0.4, -0.2) is 19.5 Å². The summed E-state index contributed by atoms with van der Waals surface area (Å²) in [5.74, 6) is 0.0441. The van der Waals surface area contributed by atoms with E-state index in [0.717, 1.165) is 18.5 Å². The largest absolute Gasteiger partial charge is 0.352 e. The van der Waals surface area contributed by atoms with E-state index in [-0.39, 0.29) is 5.91 Å². The van der Waals surface area contributed by atoms with Crippen LogP contribution in [0.3, 0.4) is 0 Å². The second-order valence-corrected chi connectivity index (χ2v) is 3.80. The zero-order valence-electron chi connectivity index (χ0n) is 9.99. The van der Waals surface area contributed by atoms with Gasteiger partial charge in [-0.25, -0.2) is 0 Å². The lowest BCUT2D eigenvalue weighted by molar-refractivity contribution is -0.121. The Morgan fingerprint density at radius 3 is 3.00 bits per heavy atom. The predicted molar refractivity (Wildman–Crippen MR) is 66.2 cm³/mol. The van der Waals surface area contributed by atoms with E-state index in [0.29, 0.717) is 18.5 Å². The van der Waals surface area contributed by atoms with Gasteiger partial charge in [0.05, 0.1) is 11.6 Å². The third-order valence-electron chi connectivity index (χ3n) is 2.38. The van der Waals surface area contributed by atoms with Crippen molar-refractivity contribution in [3.8, 4) is 6.07 Å². The van der Waals surface area contributed by atoms with Crippen LogP contribution < -0.4 is 10.6 Å². The van der Waals surface area contributed by atoms with Gasteiger partial charge < -0.3 is 10.6 Å². The van der Waals surface area contributed by atoms with Gasteiger partial charge in [-0.15, -0.1) is 0 Å². The van der Waals surface area contributed by atoms with Gasteiger partial charge in [0.1, 0.15) is 0 Å². The van der Waals surface area contributed by atoms with Crippen molar-refractivity contribution in [2.24, 2.45) is 0 Å². The first kappa shape index (κ1) is 13.2. The van der Waals surface area contributed by atoms with Crippen molar-refractivity contribution in [2.45, 2.75) is 19.4 Å². The van der Waals surface area contributed by atoms with Gasteiger partial charge in [0.2, 0.25) is 5.91 Å². The van der Waals surface area contributed by atoms with E-state index in [2.05, 4.69) is 16.7 Å². The van der Waals surface area contributed by atoms with Crippen LogP contribution in [-0.2, 0) is 11.3 Å². The van der Waals surface area contributed by atoms with E-state index in [4.69, 9.17) is 5.26 Å². The van der Waals surface area contributed by atoms with Gasteiger partial charge in [-0.3, -0.25) is 4.79 Å². The lowest BCUT2D eigenvalue weighted by Gasteiger charge is -2.05. The van der Waals surface area contributed by atoms with Gasteiger partial charge in [-0.2, -0.15) is 5.26 Å². The summed E-state index contributed by atoms with van der Waals surface area (Å²) in [4.78, 5) is 11.4. The molecule has 4 nitrogen and oxygen atoms in total. The van der Waals surface area contributed by atoms with Crippen molar-refractivity contribution in [1.82, 2.24) is 10.6 Å². The van der Waals surface area contributed by atoms with E-state index in [1.807, 2.05) is 19.2 Å². The Labute approximate surface area is 102 Å². The lowest BCUT2D eigenvalue weighted by atomic mass is 10.1. The quantitative estimate of drug-likeness (QED) is 0.722. The van der Waals surface area contributed by atoms with Crippen LogP contribution in [0.1, 0.15) is 24.0 Å². The van der Waals surface area contributed by atoms with Crippen LogP contribution in [0.25, 0.3) is 0 Å². The van der Waals surface area contributed by atoms with Gasteiger partial charge in [-0.1, -0.05) is 12.1 Å². The van der Waals surface area contributed by atoms with Crippen LogP contribution in [0, 0.1) is 11.3 Å². The molecule has 0 aliphatic carbocycles. The fraction of sp³-hybridized carbons (Fsp3) is 0.385. The number of carbonyl (C=O) groups is 1. The molecule has 0 fully saturated rings. The van der Waals surface area contributed by atoms with Gasteiger partial charge in [-0.05, 0) is 37.7 Å². The molecule has 0 aromatic heterocycles. The van der Waals surface area contributed by atoms with Gasteiger partial charge in [0.15, 0.2) is 0 Å². The number of nitriles is 1. The summed E-state index contributed by atoms with van der Waals surface area (Å²) >= 11 is 0. The minimum Gasteiger partial charge on any atom is -0.352 e. The zero-order chi connectivity index (χ0) is 12.5. The van der Waals surface area contributed by atoms with E-state index >= 15 is 0 Å². The first-order valence-corrected chi connectivity index (χ1v) is 5.66. The number of carbonyl (C=O) groups excluding carboxylic acids is 1. The molecule has 0 atom stereocenters. The average molecular weight is 231 g/mol. The van der Waals surface area contributed by atoms with Crippen molar-refractivity contribution in [1.29, 1.82) is 5.26 Å². The summed E-state index contributed by atoms with van der Waals surface area (Å²) < 4.78 is 0. The molecule has 0 heterocycles. The highest BCUT2D eigenvalue weighted by Gasteiger charge is 2.01. The molecule has 4 heteroatoms. The smallest absolute Gasteiger partial charge is 0.220 e. The molecule has 0 radical (unpaired) electrons. The Bertz CT molecular complexity index is 409. The monoisotopic (exact) mass is 231 g/mol. The third kappa shape index (κ3) is 5.14. The highest BCUT2D eigenvalue weighted by atomic mass is 16.1. The van der Waals surface area contributed by atoms with Crippen molar-refractivity contribution in [3.63, 3.8) is 0 Å². The molecule has 1 rings (SSSR count). The van der Waals surface area contributed by atoms with Gasteiger partial charge in [0, 0.05) is 13.0 Å². The maximum Gasteiger partial charge on any atom is 0.220 e. The summed E-state index contributed by atoms with van der Waals surface area (Å²) in [5.41, 5.74) is 1.57. The maximum atomic E-state index is 11.4. The molecule has 0 aliphatic rings. The third-order valence-corrected chi connectivity index (χ3v) is 2.38. The van der Waals surface area contributed by atoms with E-state index in [1.165, 1.54) is 0 Å². The minimum absolute atomic E-state index is 0.0441. The molecule has 0 aliphatic heterocycles. The fourth-order valence-electron chi connectivity index (χ4n) is 1.47. The maximum absolute atomic E-state index is 11.4. The standard InChI is InChI=1S/C13H17N3O/c1-15-7-3-6-13(17)16-10-12-5-2-4-11(8-12)9-14/h2,4-5,8,15H,3,6-7,10H2,1H3,(H,16,17). The molecule has 0 saturated heterocycles. The first-order valence-electron chi connectivity index (χ1n) is 5.66. The number of nitrogens with one attached hydrogen (secondary N) is 2. The van der Waals surface area contributed by atoms with Crippen LogP contribution in [0.2, 0.25) is 0 Å². The molecule has 0 bridgehead atoms. The van der Waals surface area contributed by atoms with Crippen LogP contribution in [0.4, 0.5) is 0 Å². The second kappa shape index (κ2) is 7.42. The summed E-state index contributed by atoms with van der Waals surface area (Å²) in [5, 5.41) is 14.6. The Balaban J connectivity index is 2.34. The number of rotatable bonds is 6. The van der Waals surface area contributed by atoms with E-state index in [1.54, 1.807) is 12.1 Å². The molecule has 1 aromatic carbocycles. The SMILES string of the molecule is CNCCCC(=O)NCc1cccc(C#N)c1. The lowest BCUT2D eigenvalue weighted by Crippen LogP contribution is -2.23. The molecule has 0 spiro atoms. The minimum atomic E-state index is 0.0441. The van der Waals surface area contributed by atoms with Crippen molar-refractivity contribution >= 4 is 5.91 Å². The second-order valence-electron chi connectivity index (χ2n) is 3.80. The Morgan fingerprint density at radius 2 is 2.29 bits per heavy atom. The molecule has 0 unspecified atom stereocenters. The number of hydrogen-bond acceptors (Lipinski definition) is 3. The Kier molecular flexibility index (Phi) is 5.76. The number of benzene rings is 1. The van der Waals surface area contributed by atoms with Gasteiger partial charge >= 0.3 is 0 Å². The Morgan fingerprint density at radius 1 is 1.47 bits per heavy atom. The predicted octanol–water partition coefficient (Wildman–Crippen LogP) is 1.17. The molecule has 17 heavy (non-hydrogen) atoms. The van der Waals surface area contributed by atoms with Crippen molar-refractivity contribution in [3.05, 3.63) is 35.4 Å².